The minimum atomic E-state index is 0.165. The molecule has 20 heavy (non-hydrogen) atoms. The number of hydrogen-bond donors (Lipinski definition) is 0. The lowest BCUT2D eigenvalue weighted by Gasteiger charge is -2.22. The smallest absolute Gasteiger partial charge is 0.182 e. The van der Waals surface area contributed by atoms with Crippen LogP contribution in [0, 0.1) is 0 Å². The molecule has 0 aliphatic rings. The highest BCUT2D eigenvalue weighted by atomic mass is 16.1. The Hall–Kier alpha value is -2.09. The molecule has 2 aromatic rings. The first-order valence-electron chi connectivity index (χ1n) is 7.16. The number of carbonyl (C=O) groups is 1. The Morgan fingerprint density at radius 3 is 2.15 bits per heavy atom. The third-order valence-electron chi connectivity index (χ3n) is 3.52. The normalized spacial score (nSPS) is 10.3. The predicted octanol–water partition coefficient (Wildman–Crippen LogP) is 3.96. The third-order valence-corrected chi connectivity index (χ3v) is 3.52. The molecule has 0 aliphatic carbocycles. The summed E-state index contributed by atoms with van der Waals surface area (Å²) in [5.74, 6) is 0.165. The molecule has 0 saturated carbocycles. The quantitative estimate of drug-likeness (QED) is 0.738. The van der Waals surface area contributed by atoms with E-state index < -0.39 is 0 Å². The van der Waals surface area contributed by atoms with Gasteiger partial charge in [0.05, 0.1) is 6.54 Å². The molecule has 104 valence electrons. The largest absolute Gasteiger partial charge is 0.364 e. The Morgan fingerprint density at radius 1 is 0.950 bits per heavy atom. The number of likely N-dealkylation sites (N-methyl/N-ethyl adjacent to an activating group) is 1. The zero-order valence-electron chi connectivity index (χ0n) is 12.2. The zero-order chi connectivity index (χ0) is 14.4. The number of carbonyl (C=O) groups excluding carboxylic acids is 1. The van der Waals surface area contributed by atoms with E-state index in [0.717, 1.165) is 24.2 Å². The van der Waals surface area contributed by atoms with Crippen LogP contribution < -0.4 is 4.90 Å². The molecule has 0 saturated heterocycles. The topological polar surface area (TPSA) is 20.3 Å². The number of anilines is 1. The van der Waals surface area contributed by atoms with Crippen LogP contribution in [0.25, 0.3) is 0 Å². The number of nitrogens with zero attached hydrogens (tertiary/aromatic N) is 1. The second-order valence-corrected chi connectivity index (χ2v) is 4.82. The molecule has 0 N–H and O–H groups in total. The van der Waals surface area contributed by atoms with E-state index in [1.54, 1.807) is 0 Å². The maximum atomic E-state index is 12.3. The first kappa shape index (κ1) is 14.3. The highest BCUT2D eigenvalue weighted by Gasteiger charge is 2.11. The zero-order valence-corrected chi connectivity index (χ0v) is 12.2. The van der Waals surface area contributed by atoms with Crippen LogP contribution in [0.3, 0.4) is 0 Å². The molecule has 0 aliphatic heterocycles. The van der Waals surface area contributed by atoms with Crippen molar-refractivity contribution in [1.82, 2.24) is 0 Å². The lowest BCUT2D eigenvalue weighted by Crippen LogP contribution is -2.29. The van der Waals surface area contributed by atoms with Crippen molar-refractivity contribution >= 4 is 11.5 Å². The molecule has 0 spiro atoms. The lowest BCUT2D eigenvalue weighted by atomic mass is 10.1. The Morgan fingerprint density at radius 2 is 1.60 bits per heavy atom. The van der Waals surface area contributed by atoms with E-state index in [0.29, 0.717) is 6.54 Å². The Balaban J connectivity index is 2.09. The van der Waals surface area contributed by atoms with Gasteiger partial charge < -0.3 is 4.90 Å². The SMILES string of the molecule is CCc1ccc(C(=O)CN(CC)c2ccccc2)cc1. The molecule has 0 radical (unpaired) electrons. The Labute approximate surface area is 121 Å². The summed E-state index contributed by atoms with van der Waals surface area (Å²) in [5.41, 5.74) is 3.14. The van der Waals surface area contributed by atoms with Gasteiger partial charge in [0.2, 0.25) is 0 Å². The third kappa shape index (κ3) is 3.47. The van der Waals surface area contributed by atoms with Crippen LogP contribution in [-0.4, -0.2) is 18.9 Å². The number of aryl methyl sites for hydroxylation is 1. The summed E-state index contributed by atoms with van der Waals surface area (Å²) in [4.78, 5) is 14.4. The van der Waals surface area contributed by atoms with Gasteiger partial charge in [-0.3, -0.25) is 4.79 Å². The molecule has 0 aromatic heterocycles. The summed E-state index contributed by atoms with van der Waals surface area (Å²) in [6.45, 7) is 5.43. The summed E-state index contributed by atoms with van der Waals surface area (Å²) in [6.07, 6.45) is 1.000. The van der Waals surface area contributed by atoms with Gasteiger partial charge in [-0.1, -0.05) is 49.4 Å². The number of Topliss-reactive ketones (excluding diaryl/α,β-unsaturated/α-hetero) is 1. The standard InChI is InChI=1S/C18H21NO/c1-3-15-10-12-16(13-11-15)18(20)14-19(4-2)17-8-6-5-7-9-17/h5-13H,3-4,14H2,1-2H3. The van der Waals surface area contributed by atoms with Crippen molar-refractivity contribution < 1.29 is 4.79 Å². The average Bonchev–Trinajstić information content (AvgIpc) is 2.53. The number of rotatable bonds is 6. The fourth-order valence-corrected chi connectivity index (χ4v) is 2.22. The van der Waals surface area contributed by atoms with Gasteiger partial charge >= 0.3 is 0 Å². The van der Waals surface area contributed by atoms with E-state index in [-0.39, 0.29) is 5.78 Å². The molecule has 2 heteroatoms. The molecule has 0 bridgehead atoms. The first-order chi connectivity index (χ1) is 9.74. The molecule has 0 fully saturated rings. The van der Waals surface area contributed by atoms with Crippen LogP contribution in [-0.2, 0) is 6.42 Å². The molecule has 0 atom stereocenters. The fraction of sp³-hybridized carbons (Fsp3) is 0.278. The van der Waals surface area contributed by atoms with Crippen molar-refractivity contribution in [3.8, 4) is 0 Å². The van der Waals surface area contributed by atoms with Gasteiger partial charge in [0.1, 0.15) is 0 Å². The van der Waals surface area contributed by atoms with E-state index >= 15 is 0 Å². The number of ketones is 1. The van der Waals surface area contributed by atoms with Crippen LogP contribution in [0.2, 0.25) is 0 Å². The molecule has 2 nitrogen and oxygen atoms in total. The van der Waals surface area contributed by atoms with Crippen LogP contribution in [0.15, 0.2) is 54.6 Å². The van der Waals surface area contributed by atoms with Gasteiger partial charge in [-0.15, -0.1) is 0 Å². The molecule has 2 rings (SSSR count). The van der Waals surface area contributed by atoms with Crippen molar-refractivity contribution in [1.29, 1.82) is 0 Å². The van der Waals surface area contributed by atoms with E-state index in [1.165, 1.54) is 5.56 Å². The second-order valence-electron chi connectivity index (χ2n) is 4.82. The molecule has 0 unspecified atom stereocenters. The highest BCUT2D eigenvalue weighted by molar-refractivity contribution is 5.99. The lowest BCUT2D eigenvalue weighted by molar-refractivity contribution is 0.0999. The van der Waals surface area contributed by atoms with E-state index in [4.69, 9.17) is 0 Å². The summed E-state index contributed by atoms with van der Waals surface area (Å²) in [5, 5.41) is 0. The maximum absolute atomic E-state index is 12.3. The molecular weight excluding hydrogens is 246 g/mol. The van der Waals surface area contributed by atoms with Crippen LogP contribution >= 0.6 is 0 Å². The minimum absolute atomic E-state index is 0.165. The van der Waals surface area contributed by atoms with E-state index in [1.807, 2.05) is 54.6 Å². The molecule has 0 heterocycles. The van der Waals surface area contributed by atoms with Gasteiger partial charge in [-0.2, -0.15) is 0 Å². The van der Waals surface area contributed by atoms with Crippen LogP contribution in [0.5, 0.6) is 0 Å². The van der Waals surface area contributed by atoms with Crippen LogP contribution in [0.1, 0.15) is 29.8 Å². The van der Waals surface area contributed by atoms with Crippen molar-refractivity contribution in [2.24, 2.45) is 0 Å². The Bertz CT molecular complexity index is 545. The summed E-state index contributed by atoms with van der Waals surface area (Å²) < 4.78 is 0. The molecule has 0 amide bonds. The highest BCUT2D eigenvalue weighted by Crippen LogP contribution is 2.14. The summed E-state index contributed by atoms with van der Waals surface area (Å²) in [7, 11) is 0. The van der Waals surface area contributed by atoms with E-state index in [9.17, 15) is 4.79 Å². The fourth-order valence-electron chi connectivity index (χ4n) is 2.22. The van der Waals surface area contributed by atoms with Crippen molar-refractivity contribution in [3.63, 3.8) is 0 Å². The van der Waals surface area contributed by atoms with Gasteiger partial charge in [0.15, 0.2) is 5.78 Å². The minimum Gasteiger partial charge on any atom is -0.364 e. The maximum Gasteiger partial charge on any atom is 0.182 e. The van der Waals surface area contributed by atoms with Gasteiger partial charge in [0.25, 0.3) is 0 Å². The second kappa shape index (κ2) is 6.90. The van der Waals surface area contributed by atoms with E-state index in [2.05, 4.69) is 18.7 Å². The van der Waals surface area contributed by atoms with Gasteiger partial charge in [0, 0.05) is 17.8 Å². The molecule has 2 aromatic carbocycles. The average molecular weight is 267 g/mol. The number of hydrogen-bond acceptors (Lipinski definition) is 2. The van der Waals surface area contributed by atoms with Crippen molar-refractivity contribution in [2.75, 3.05) is 18.0 Å². The number of benzene rings is 2. The van der Waals surface area contributed by atoms with Crippen LogP contribution in [0.4, 0.5) is 5.69 Å². The van der Waals surface area contributed by atoms with Gasteiger partial charge in [-0.05, 0) is 31.0 Å². The summed E-state index contributed by atoms with van der Waals surface area (Å²) >= 11 is 0. The van der Waals surface area contributed by atoms with Crippen molar-refractivity contribution in [3.05, 3.63) is 65.7 Å². The monoisotopic (exact) mass is 267 g/mol. The Kier molecular flexibility index (Phi) is 4.94. The molecular formula is C18H21NO. The summed E-state index contributed by atoms with van der Waals surface area (Å²) in [6, 6.07) is 18.0. The number of para-hydroxylation sites is 1. The van der Waals surface area contributed by atoms with Gasteiger partial charge in [-0.25, -0.2) is 0 Å². The first-order valence-corrected chi connectivity index (χ1v) is 7.16. The van der Waals surface area contributed by atoms with Crippen molar-refractivity contribution in [2.45, 2.75) is 20.3 Å². The predicted molar refractivity (Wildman–Crippen MR) is 84.5 cm³/mol.